The first kappa shape index (κ1) is 11.1. The zero-order valence-electron chi connectivity index (χ0n) is 8.72. The van der Waals surface area contributed by atoms with Gasteiger partial charge in [0.2, 0.25) is 0 Å². The molecule has 0 atom stereocenters. The van der Waals surface area contributed by atoms with Crippen LogP contribution in [0.5, 0.6) is 0 Å². The van der Waals surface area contributed by atoms with Crippen molar-refractivity contribution >= 4 is 11.4 Å². The Hall–Kier alpha value is -1.39. The number of nitrogen functional groups attached to an aromatic ring is 1. The van der Waals surface area contributed by atoms with Crippen LogP contribution in [0.4, 0.5) is 24.5 Å². The van der Waals surface area contributed by atoms with E-state index in [4.69, 9.17) is 5.73 Å². The first-order chi connectivity index (χ1) is 7.48. The summed E-state index contributed by atoms with van der Waals surface area (Å²) in [5, 5.41) is 0. The van der Waals surface area contributed by atoms with E-state index in [0.29, 0.717) is 18.8 Å². The number of hydrogen-bond donors (Lipinski definition) is 1. The fourth-order valence-corrected chi connectivity index (χ4v) is 2.01. The monoisotopic (exact) mass is 230 g/mol. The fraction of sp³-hybridized carbons (Fsp3) is 0.455. The van der Waals surface area contributed by atoms with Crippen LogP contribution in [0.25, 0.3) is 0 Å². The molecule has 16 heavy (non-hydrogen) atoms. The highest BCUT2D eigenvalue weighted by molar-refractivity contribution is 5.62. The molecule has 1 fully saturated rings. The highest BCUT2D eigenvalue weighted by atomic mass is 19.4. The lowest BCUT2D eigenvalue weighted by molar-refractivity contribution is -0.137. The molecule has 0 amide bonds. The van der Waals surface area contributed by atoms with Gasteiger partial charge in [0.15, 0.2) is 0 Å². The van der Waals surface area contributed by atoms with E-state index < -0.39 is 11.7 Å². The quantitative estimate of drug-likeness (QED) is 0.751. The zero-order valence-corrected chi connectivity index (χ0v) is 8.72. The number of alkyl halides is 3. The van der Waals surface area contributed by atoms with Crippen molar-refractivity contribution in [1.82, 2.24) is 0 Å². The molecule has 0 aliphatic carbocycles. The fourth-order valence-electron chi connectivity index (χ4n) is 2.01. The van der Waals surface area contributed by atoms with E-state index in [1.165, 1.54) is 12.1 Å². The number of benzene rings is 1. The van der Waals surface area contributed by atoms with Gasteiger partial charge in [-0.2, -0.15) is 13.2 Å². The highest BCUT2D eigenvalue weighted by Crippen LogP contribution is 2.38. The van der Waals surface area contributed by atoms with E-state index in [-0.39, 0.29) is 5.69 Å². The minimum Gasteiger partial charge on any atom is -0.399 e. The molecule has 2 N–H and O–H groups in total. The number of hydrogen-bond acceptors (Lipinski definition) is 2. The number of nitrogens with zero attached hydrogens (tertiary/aromatic N) is 1. The Balaban J connectivity index is 2.43. The van der Waals surface area contributed by atoms with Crippen molar-refractivity contribution in [2.75, 3.05) is 23.7 Å². The molecule has 1 saturated heterocycles. The van der Waals surface area contributed by atoms with Gasteiger partial charge in [-0.15, -0.1) is 0 Å². The summed E-state index contributed by atoms with van der Waals surface area (Å²) in [6.07, 6.45) is -2.44. The van der Waals surface area contributed by atoms with E-state index in [9.17, 15) is 13.2 Å². The van der Waals surface area contributed by atoms with Crippen LogP contribution in [-0.4, -0.2) is 13.1 Å². The van der Waals surface area contributed by atoms with Crippen LogP contribution in [0.3, 0.4) is 0 Å². The van der Waals surface area contributed by atoms with Crippen molar-refractivity contribution < 1.29 is 13.2 Å². The lowest BCUT2D eigenvalue weighted by Gasteiger charge is -2.22. The lowest BCUT2D eigenvalue weighted by Crippen LogP contribution is -2.22. The van der Waals surface area contributed by atoms with Gasteiger partial charge >= 0.3 is 6.18 Å². The van der Waals surface area contributed by atoms with Gasteiger partial charge in [-0.25, -0.2) is 0 Å². The Morgan fingerprint density at radius 1 is 1.12 bits per heavy atom. The summed E-state index contributed by atoms with van der Waals surface area (Å²) < 4.78 is 38.3. The predicted octanol–water partition coefficient (Wildman–Crippen LogP) is 2.89. The third-order valence-corrected chi connectivity index (χ3v) is 2.77. The molecular formula is C11H13F3N2. The zero-order chi connectivity index (χ0) is 11.8. The molecule has 1 aromatic carbocycles. The normalized spacial score (nSPS) is 16.8. The number of halogens is 3. The maximum absolute atomic E-state index is 12.8. The molecule has 1 aliphatic heterocycles. The number of nitrogens with two attached hydrogens (primary N) is 1. The lowest BCUT2D eigenvalue weighted by atomic mass is 10.1. The number of anilines is 2. The largest absolute Gasteiger partial charge is 0.418 e. The summed E-state index contributed by atoms with van der Waals surface area (Å²) >= 11 is 0. The summed E-state index contributed by atoms with van der Waals surface area (Å²) in [4.78, 5) is 1.75. The van der Waals surface area contributed by atoms with Gasteiger partial charge < -0.3 is 10.6 Å². The highest BCUT2D eigenvalue weighted by Gasteiger charge is 2.35. The van der Waals surface area contributed by atoms with Crippen LogP contribution < -0.4 is 10.6 Å². The molecule has 2 nitrogen and oxygen atoms in total. The van der Waals surface area contributed by atoms with E-state index in [2.05, 4.69) is 0 Å². The van der Waals surface area contributed by atoms with Crippen molar-refractivity contribution in [2.45, 2.75) is 19.0 Å². The molecule has 1 heterocycles. The van der Waals surface area contributed by atoms with Crippen LogP contribution in [0, 0.1) is 0 Å². The second kappa shape index (κ2) is 3.88. The summed E-state index contributed by atoms with van der Waals surface area (Å²) in [7, 11) is 0. The molecule has 5 heteroatoms. The van der Waals surface area contributed by atoms with Crippen molar-refractivity contribution in [1.29, 1.82) is 0 Å². The van der Waals surface area contributed by atoms with Gasteiger partial charge in [0.05, 0.1) is 11.3 Å². The smallest absolute Gasteiger partial charge is 0.399 e. The topological polar surface area (TPSA) is 29.3 Å². The van der Waals surface area contributed by atoms with Crippen LogP contribution in [0.1, 0.15) is 18.4 Å². The molecule has 88 valence electrons. The van der Waals surface area contributed by atoms with Crippen LogP contribution >= 0.6 is 0 Å². The van der Waals surface area contributed by atoms with E-state index in [0.717, 1.165) is 18.9 Å². The minimum absolute atomic E-state index is 0.213. The summed E-state index contributed by atoms with van der Waals surface area (Å²) in [6, 6.07) is 3.76. The van der Waals surface area contributed by atoms with Crippen molar-refractivity contribution in [3.63, 3.8) is 0 Å². The second-order valence-electron chi connectivity index (χ2n) is 3.97. The molecule has 1 aliphatic rings. The average molecular weight is 230 g/mol. The summed E-state index contributed by atoms with van der Waals surface area (Å²) in [5.41, 5.74) is 5.53. The van der Waals surface area contributed by atoms with Gasteiger partial charge in [-0.3, -0.25) is 0 Å². The third kappa shape index (κ3) is 2.08. The van der Waals surface area contributed by atoms with Crippen LogP contribution in [-0.2, 0) is 6.18 Å². The van der Waals surface area contributed by atoms with E-state index >= 15 is 0 Å². The van der Waals surface area contributed by atoms with Crippen molar-refractivity contribution in [3.05, 3.63) is 23.8 Å². The first-order valence-electron chi connectivity index (χ1n) is 5.20. The van der Waals surface area contributed by atoms with Gasteiger partial charge in [-0.1, -0.05) is 0 Å². The van der Waals surface area contributed by atoms with Gasteiger partial charge in [0, 0.05) is 18.8 Å². The molecule has 0 saturated carbocycles. The Morgan fingerprint density at radius 3 is 2.31 bits per heavy atom. The SMILES string of the molecule is Nc1ccc(C(F)(F)F)c(N2CCCC2)c1. The van der Waals surface area contributed by atoms with Crippen molar-refractivity contribution in [3.8, 4) is 0 Å². The second-order valence-corrected chi connectivity index (χ2v) is 3.97. The summed E-state index contributed by atoms with van der Waals surface area (Å²) in [6.45, 7) is 1.35. The van der Waals surface area contributed by atoms with Gasteiger partial charge in [-0.05, 0) is 31.0 Å². The Labute approximate surface area is 91.8 Å². The maximum atomic E-state index is 12.8. The predicted molar refractivity (Wildman–Crippen MR) is 57.3 cm³/mol. The Kier molecular flexibility index (Phi) is 2.69. The molecule has 0 radical (unpaired) electrons. The number of rotatable bonds is 1. The minimum atomic E-state index is -4.31. The Bertz CT molecular complexity index is 381. The Morgan fingerprint density at radius 2 is 1.75 bits per heavy atom. The molecule has 0 aromatic heterocycles. The van der Waals surface area contributed by atoms with E-state index in [1.54, 1.807) is 4.90 Å². The van der Waals surface area contributed by atoms with Crippen LogP contribution in [0.2, 0.25) is 0 Å². The molecule has 0 spiro atoms. The summed E-state index contributed by atoms with van der Waals surface area (Å²) in [5.74, 6) is 0. The van der Waals surface area contributed by atoms with Crippen LogP contribution in [0.15, 0.2) is 18.2 Å². The molecule has 0 bridgehead atoms. The average Bonchev–Trinajstić information content (AvgIpc) is 2.68. The maximum Gasteiger partial charge on any atom is 0.418 e. The standard InChI is InChI=1S/C11H13F3N2/c12-11(13,14)9-4-3-8(15)7-10(9)16-5-1-2-6-16/h3-4,7H,1-2,5-6,15H2. The molecule has 1 aromatic rings. The van der Waals surface area contributed by atoms with Gasteiger partial charge in [0.25, 0.3) is 0 Å². The van der Waals surface area contributed by atoms with E-state index in [1.807, 2.05) is 0 Å². The third-order valence-electron chi connectivity index (χ3n) is 2.77. The van der Waals surface area contributed by atoms with Crippen molar-refractivity contribution in [2.24, 2.45) is 0 Å². The molecular weight excluding hydrogens is 217 g/mol. The molecule has 2 rings (SSSR count). The first-order valence-corrected chi connectivity index (χ1v) is 5.20. The molecule has 0 unspecified atom stereocenters. The van der Waals surface area contributed by atoms with Gasteiger partial charge in [0.1, 0.15) is 0 Å².